The maximum atomic E-state index is 2.40. The van der Waals surface area contributed by atoms with Crippen LogP contribution in [0.5, 0.6) is 0 Å². The lowest BCUT2D eigenvalue weighted by atomic mass is 9.90. The Morgan fingerprint density at radius 1 is 0.396 bits per heavy atom. The quantitative estimate of drug-likeness (QED) is 0.171. The summed E-state index contributed by atoms with van der Waals surface area (Å²) >= 11 is 0. The lowest BCUT2D eigenvalue weighted by molar-refractivity contribution is 0.749. The number of nitrogens with zero attached hydrogens (tertiary/aromatic N) is 2. The monoisotopic (exact) mass is 680 g/mol. The van der Waals surface area contributed by atoms with Crippen molar-refractivity contribution in [3.63, 3.8) is 0 Å². The minimum absolute atomic E-state index is 0.569. The Kier molecular flexibility index (Phi) is 7.33. The fraction of sp³-hybridized carbons (Fsp3) is 0.0980. The molecule has 254 valence electrons. The predicted octanol–water partition coefficient (Wildman–Crippen LogP) is 13.6. The average molecular weight is 681 g/mol. The fourth-order valence-electron chi connectivity index (χ4n) is 8.61. The van der Waals surface area contributed by atoms with Gasteiger partial charge < -0.3 is 9.13 Å². The molecule has 53 heavy (non-hydrogen) atoms. The van der Waals surface area contributed by atoms with E-state index in [2.05, 4.69) is 200 Å². The molecule has 1 aliphatic carbocycles. The number of fused-ring (bicyclic) bond motifs is 6. The number of hydrogen-bond acceptors (Lipinski definition) is 0. The van der Waals surface area contributed by atoms with Crippen LogP contribution < -0.4 is 0 Å². The second-order valence-electron chi connectivity index (χ2n) is 14.8. The number of aromatic nitrogens is 2. The van der Waals surface area contributed by atoms with Crippen molar-refractivity contribution >= 4 is 49.2 Å². The topological polar surface area (TPSA) is 9.86 Å². The van der Waals surface area contributed by atoms with Crippen molar-refractivity contribution in [2.45, 2.75) is 13.3 Å². The van der Waals surface area contributed by atoms with Gasteiger partial charge in [0, 0.05) is 57.7 Å². The first kappa shape index (κ1) is 31.4. The molecule has 0 bridgehead atoms. The van der Waals surface area contributed by atoms with E-state index >= 15 is 0 Å². The van der Waals surface area contributed by atoms with E-state index in [1.807, 2.05) is 0 Å². The summed E-state index contributed by atoms with van der Waals surface area (Å²) < 4.78 is 4.67. The van der Waals surface area contributed by atoms with Gasteiger partial charge in [0.05, 0.1) is 0 Å². The van der Waals surface area contributed by atoms with E-state index < -0.39 is 0 Å². The highest BCUT2D eigenvalue weighted by atomic mass is 14.9. The highest BCUT2D eigenvalue weighted by Gasteiger charge is 2.15. The van der Waals surface area contributed by atoms with Crippen LogP contribution in [0.4, 0.5) is 0 Å². The summed E-state index contributed by atoms with van der Waals surface area (Å²) in [6.07, 6.45) is 7.87. The second kappa shape index (κ2) is 12.4. The summed E-state index contributed by atoms with van der Waals surface area (Å²) in [5, 5.41) is 5.19. The number of aryl methyl sites for hydroxylation is 2. The maximum Gasteiger partial charge on any atom is 0.0494 e. The highest BCUT2D eigenvalue weighted by Crippen LogP contribution is 2.38. The van der Waals surface area contributed by atoms with Gasteiger partial charge in [-0.1, -0.05) is 128 Å². The smallest absolute Gasteiger partial charge is 0.0494 e. The molecule has 0 spiro atoms. The third-order valence-corrected chi connectivity index (χ3v) is 11.5. The zero-order valence-corrected chi connectivity index (χ0v) is 30.3. The molecule has 0 amide bonds. The van der Waals surface area contributed by atoms with Crippen LogP contribution in [-0.4, -0.2) is 9.13 Å². The van der Waals surface area contributed by atoms with Crippen LogP contribution in [-0.2, 0) is 14.1 Å². The molecule has 0 saturated carbocycles. The molecular weight excluding hydrogens is 641 g/mol. The molecule has 2 heteroatoms. The summed E-state index contributed by atoms with van der Waals surface area (Å²) in [6, 6.07) is 56.3. The molecule has 2 nitrogen and oxygen atoms in total. The van der Waals surface area contributed by atoms with E-state index in [1.54, 1.807) is 0 Å². The van der Waals surface area contributed by atoms with Crippen molar-refractivity contribution < 1.29 is 0 Å². The van der Waals surface area contributed by atoms with Crippen molar-refractivity contribution in [1.82, 2.24) is 9.13 Å². The molecule has 9 aromatic rings. The Balaban J connectivity index is 0.999. The number of allylic oxidation sites excluding steroid dienone is 4. The predicted molar refractivity (Wildman–Crippen MR) is 227 cm³/mol. The lowest BCUT2D eigenvalue weighted by Crippen LogP contribution is -1.97. The Morgan fingerprint density at radius 2 is 0.849 bits per heavy atom. The van der Waals surface area contributed by atoms with Gasteiger partial charge in [-0.25, -0.2) is 0 Å². The highest BCUT2D eigenvalue weighted by molar-refractivity contribution is 6.11. The molecule has 1 aliphatic rings. The first-order valence-electron chi connectivity index (χ1n) is 18.7. The van der Waals surface area contributed by atoms with Crippen LogP contribution in [0, 0.1) is 5.92 Å². The molecule has 2 heterocycles. The van der Waals surface area contributed by atoms with E-state index in [-0.39, 0.29) is 0 Å². The van der Waals surface area contributed by atoms with Crippen molar-refractivity contribution in [3.05, 3.63) is 175 Å². The zero-order valence-electron chi connectivity index (χ0n) is 30.3. The SMILES string of the molecule is CC1C=CC=C(c2ccc3c(c2)c2cc(-c4cccc(-c5cccc(-c6ccc7c8ccc(-c9ccccc9)cc8n(C)c7c6)c5)c4)ccc2n3C)C1. The molecule has 0 aliphatic heterocycles. The van der Waals surface area contributed by atoms with Gasteiger partial charge in [-0.2, -0.15) is 0 Å². The van der Waals surface area contributed by atoms with Crippen LogP contribution in [0.25, 0.3) is 93.7 Å². The second-order valence-corrected chi connectivity index (χ2v) is 14.8. The first-order chi connectivity index (χ1) is 26.0. The average Bonchev–Trinajstić information content (AvgIpc) is 3.66. The van der Waals surface area contributed by atoms with E-state index in [1.165, 1.54) is 99.3 Å². The van der Waals surface area contributed by atoms with Gasteiger partial charge in [-0.05, 0) is 117 Å². The molecule has 10 rings (SSSR count). The van der Waals surface area contributed by atoms with E-state index in [0.29, 0.717) is 5.92 Å². The molecule has 0 saturated heterocycles. The van der Waals surface area contributed by atoms with Crippen molar-refractivity contribution in [2.24, 2.45) is 20.0 Å². The summed E-state index contributed by atoms with van der Waals surface area (Å²) in [4.78, 5) is 0. The van der Waals surface area contributed by atoms with Gasteiger partial charge in [-0.15, -0.1) is 0 Å². The van der Waals surface area contributed by atoms with E-state index in [9.17, 15) is 0 Å². The summed E-state index contributed by atoms with van der Waals surface area (Å²) in [5.74, 6) is 0.569. The van der Waals surface area contributed by atoms with Crippen LogP contribution in [0.3, 0.4) is 0 Å². The van der Waals surface area contributed by atoms with Crippen LogP contribution in [0.1, 0.15) is 18.9 Å². The fourth-order valence-corrected chi connectivity index (χ4v) is 8.61. The molecule has 7 aromatic carbocycles. The third-order valence-electron chi connectivity index (χ3n) is 11.5. The summed E-state index contributed by atoms with van der Waals surface area (Å²) in [5.41, 5.74) is 17.6. The van der Waals surface area contributed by atoms with Gasteiger partial charge in [0.1, 0.15) is 0 Å². The minimum atomic E-state index is 0.569. The Hall–Kier alpha value is -6.38. The molecule has 0 N–H and O–H groups in total. The first-order valence-corrected chi connectivity index (χ1v) is 18.7. The molecule has 0 radical (unpaired) electrons. The Morgan fingerprint density at radius 3 is 1.43 bits per heavy atom. The summed E-state index contributed by atoms with van der Waals surface area (Å²) in [7, 11) is 4.37. The van der Waals surface area contributed by atoms with E-state index in [0.717, 1.165) is 6.42 Å². The number of benzene rings is 7. The van der Waals surface area contributed by atoms with Gasteiger partial charge in [0.15, 0.2) is 0 Å². The Labute approximate surface area is 310 Å². The summed E-state index contributed by atoms with van der Waals surface area (Å²) in [6.45, 7) is 2.29. The lowest BCUT2D eigenvalue weighted by Gasteiger charge is -2.15. The van der Waals surface area contributed by atoms with Gasteiger partial charge in [0.25, 0.3) is 0 Å². The van der Waals surface area contributed by atoms with Gasteiger partial charge >= 0.3 is 0 Å². The van der Waals surface area contributed by atoms with Gasteiger partial charge in [-0.3, -0.25) is 0 Å². The van der Waals surface area contributed by atoms with E-state index in [4.69, 9.17) is 0 Å². The molecular formula is C51H40N2. The van der Waals surface area contributed by atoms with Gasteiger partial charge in [0.2, 0.25) is 0 Å². The van der Waals surface area contributed by atoms with Crippen molar-refractivity contribution in [2.75, 3.05) is 0 Å². The molecule has 2 aromatic heterocycles. The largest absolute Gasteiger partial charge is 0.344 e. The van der Waals surface area contributed by atoms with Crippen LogP contribution in [0.15, 0.2) is 170 Å². The Bertz CT molecular complexity index is 2950. The number of hydrogen-bond donors (Lipinski definition) is 0. The normalized spacial score (nSPS) is 14.5. The zero-order chi connectivity index (χ0) is 35.6. The van der Waals surface area contributed by atoms with Crippen LogP contribution in [0.2, 0.25) is 0 Å². The van der Waals surface area contributed by atoms with Crippen molar-refractivity contribution in [3.8, 4) is 44.5 Å². The van der Waals surface area contributed by atoms with Crippen LogP contribution >= 0.6 is 0 Å². The molecule has 0 fully saturated rings. The maximum absolute atomic E-state index is 2.40. The standard InChI is InChI=1S/C51H40N2/c1-33-10-7-13-35(26-33)40-20-24-48-46(29-40)47-30-41(21-25-49(47)52(48)2)38-16-8-14-36(27-38)37-15-9-17-39(28-37)43-19-23-45-44-22-18-42(34-11-5-4-6-12-34)31-50(44)53(3)51(45)32-43/h4-25,27-33H,26H2,1-3H3. The molecule has 1 unspecified atom stereocenters. The van der Waals surface area contributed by atoms with Crippen molar-refractivity contribution in [1.29, 1.82) is 0 Å². The number of rotatable bonds is 5. The molecule has 1 atom stereocenters. The minimum Gasteiger partial charge on any atom is -0.344 e. The third kappa shape index (κ3) is 5.33.